The summed E-state index contributed by atoms with van der Waals surface area (Å²) in [6.45, 7) is 15.9. The number of hydrogen-bond donors (Lipinski definition) is 0. The molecule has 0 aliphatic rings. The lowest BCUT2D eigenvalue weighted by Gasteiger charge is -2.22. The molecule has 0 amide bonds. The number of nitriles is 3. The van der Waals surface area contributed by atoms with Crippen LogP contribution in [0.5, 0.6) is 0 Å². The molecule has 7 nitrogen and oxygen atoms in total. The number of nitrogens with zero attached hydrogens (tertiary/aromatic N) is 7. The second-order valence-electron chi connectivity index (χ2n) is 18.2. The van der Waals surface area contributed by atoms with Crippen molar-refractivity contribution in [3.05, 3.63) is 251 Å². The number of aromatic nitrogens is 2. The van der Waals surface area contributed by atoms with Crippen molar-refractivity contribution in [3.63, 3.8) is 0 Å². The van der Waals surface area contributed by atoms with E-state index in [0.717, 1.165) is 39.1 Å². The molecule has 0 atom stereocenters. The molecule has 10 heteroatoms. The maximum absolute atomic E-state index is 16.1. The van der Waals surface area contributed by atoms with Crippen LogP contribution in [0.4, 0.5) is 24.5 Å². The zero-order chi connectivity index (χ0) is 52.2. The van der Waals surface area contributed by atoms with Crippen LogP contribution in [0.2, 0.25) is 0 Å². The first-order valence-electron chi connectivity index (χ1n) is 24.0. The van der Waals surface area contributed by atoms with Gasteiger partial charge in [-0.05, 0) is 136 Å². The van der Waals surface area contributed by atoms with E-state index in [1.165, 1.54) is 12.1 Å². The summed E-state index contributed by atoms with van der Waals surface area (Å²) in [7, 11) is 0. The van der Waals surface area contributed by atoms with E-state index >= 15 is 13.2 Å². The van der Waals surface area contributed by atoms with Crippen molar-refractivity contribution < 1.29 is 13.2 Å². The summed E-state index contributed by atoms with van der Waals surface area (Å²) in [5.41, 5.74) is 9.83. The molecule has 76 heavy (non-hydrogen) atoms. The van der Waals surface area contributed by atoms with Gasteiger partial charge in [0.25, 0.3) is 0 Å². The highest BCUT2D eigenvalue weighted by atomic mass is 19.4. The molecule has 0 saturated heterocycles. The minimum absolute atomic E-state index is 0.138. The zero-order valence-electron chi connectivity index (χ0n) is 39.9. The van der Waals surface area contributed by atoms with Crippen LogP contribution >= 0.6 is 0 Å². The van der Waals surface area contributed by atoms with E-state index in [4.69, 9.17) is 13.1 Å². The van der Waals surface area contributed by atoms with Crippen LogP contribution in [0, 0.1) is 47.1 Å². The highest BCUT2D eigenvalue weighted by Crippen LogP contribution is 2.48. The minimum atomic E-state index is -4.89. The zero-order valence-corrected chi connectivity index (χ0v) is 39.9. The van der Waals surface area contributed by atoms with E-state index in [9.17, 15) is 15.8 Å². The van der Waals surface area contributed by atoms with Gasteiger partial charge in [0.15, 0.2) is 11.4 Å². The number of halogens is 3. The summed E-state index contributed by atoms with van der Waals surface area (Å²) in [5, 5.41) is 33.7. The van der Waals surface area contributed by atoms with Crippen molar-refractivity contribution in [2.24, 2.45) is 0 Å². The minimum Gasteiger partial charge on any atom is -0.309 e. The third-order valence-corrected chi connectivity index (χ3v) is 14.1. The summed E-state index contributed by atoms with van der Waals surface area (Å²) in [6, 6.07) is 67.8. The second kappa shape index (κ2) is 18.3. The van der Waals surface area contributed by atoms with E-state index in [1.54, 1.807) is 66.7 Å². The first kappa shape index (κ1) is 46.1. The van der Waals surface area contributed by atoms with Gasteiger partial charge in [-0.2, -0.15) is 29.0 Å². The molecular formula is C66H34F3N7. The topological polar surface area (TPSA) is 90.0 Å². The normalized spacial score (nSPS) is 11.3. The Kier molecular flexibility index (Phi) is 11.1. The number of rotatable bonds is 7. The van der Waals surface area contributed by atoms with Crippen LogP contribution in [0.15, 0.2) is 206 Å². The van der Waals surface area contributed by atoms with Crippen molar-refractivity contribution >= 4 is 55.0 Å². The van der Waals surface area contributed by atoms with E-state index in [2.05, 4.69) is 27.9 Å². The second-order valence-corrected chi connectivity index (χ2v) is 18.2. The molecular weight excluding hydrogens is 948 g/mol. The van der Waals surface area contributed by atoms with Gasteiger partial charge in [-0.3, -0.25) is 0 Å². The smallest absolute Gasteiger partial charge is 0.309 e. The Morgan fingerprint density at radius 1 is 0.382 bits per heavy atom. The van der Waals surface area contributed by atoms with Gasteiger partial charge >= 0.3 is 6.18 Å². The fourth-order valence-corrected chi connectivity index (χ4v) is 10.8. The number of para-hydroxylation sites is 2. The molecule has 0 bridgehead atoms. The fraction of sp³-hybridized carbons (Fsp3) is 0.0152. The molecule has 0 aliphatic carbocycles. The molecule has 10 aromatic carbocycles. The molecule has 0 N–H and O–H groups in total. The number of hydrogen-bond acceptors (Lipinski definition) is 3. The van der Waals surface area contributed by atoms with Gasteiger partial charge in [0.05, 0.1) is 87.0 Å². The van der Waals surface area contributed by atoms with Gasteiger partial charge in [-0.15, -0.1) is 0 Å². The van der Waals surface area contributed by atoms with Gasteiger partial charge in [0.2, 0.25) is 0 Å². The van der Waals surface area contributed by atoms with Gasteiger partial charge in [-0.1, -0.05) is 115 Å². The van der Waals surface area contributed by atoms with Crippen molar-refractivity contribution in [1.29, 1.82) is 15.8 Å². The summed E-state index contributed by atoms with van der Waals surface area (Å²) in [6.07, 6.45) is -4.89. The largest absolute Gasteiger partial charge is 0.417 e. The van der Waals surface area contributed by atoms with Gasteiger partial charge < -0.3 is 9.13 Å². The van der Waals surface area contributed by atoms with Crippen LogP contribution in [-0.2, 0) is 6.18 Å². The lowest BCUT2D eigenvalue weighted by atomic mass is 9.93. The Bertz CT molecular complexity index is 4420. The highest BCUT2D eigenvalue weighted by Gasteiger charge is 2.37. The van der Waals surface area contributed by atoms with E-state index in [0.29, 0.717) is 83.3 Å². The molecule has 2 heterocycles. The quantitative estimate of drug-likeness (QED) is 0.149. The molecule has 0 aliphatic heterocycles. The van der Waals surface area contributed by atoms with Crippen LogP contribution < -0.4 is 0 Å². The average molecular weight is 982 g/mol. The van der Waals surface area contributed by atoms with Crippen LogP contribution in [0.1, 0.15) is 22.3 Å². The third kappa shape index (κ3) is 7.49. The van der Waals surface area contributed by atoms with Crippen molar-refractivity contribution in [2.45, 2.75) is 6.18 Å². The van der Waals surface area contributed by atoms with Crippen LogP contribution in [0.25, 0.3) is 120 Å². The summed E-state index contributed by atoms with van der Waals surface area (Å²) < 4.78 is 52.1. The van der Waals surface area contributed by atoms with Gasteiger partial charge in [0, 0.05) is 32.7 Å². The summed E-state index contributed by atoms with van der Waals surface area (Å²) in [5.74, 6) is 0. The lowest BCUT2D eigenvalue weighted by molar-refractivity contribution is -0.137. The van der Waals surface area contributed by atoms with Crippen molar-refractivity contribution in [3.8, 4) is 85.2 Å². The number of fused-ring (bicyclic) bond motifs is 6. The molecule has 0 saturated carbocycles. The van der Waals surface area contributed by atoms with Crippen LogP contribution in [-0.4, -0.2) is 9.13 Å². The Labute approximate surface area is 433 Å². The molecule has 0 fully saturated rings. The first-order chi connectivity index (χ1) is 37.1. The number of benzene rings is 10. The first-order valence-corrected chi connectivity index (χ1v) is 24.0. The molecule has 0 unspecified atom stereocenters. The molecule has 12 rings (SSSR count). The monoisotopic (exact) mass is 981 g/mol. The highest BCUT2D eigenvalue weighted by molar-refractivity contribution is 6.14. The predicted molar refractivity (Wildman–Crippen MR) is 294 cm³/mol. The molecule has 354 valence electrons. The van der Waals surface area contributed by atoms with Crippen molar-refractivity contribution in [2.75, 3.05) is 0 Å². The van der Waals surface area contributed by atoms with Gasteiger partial charge in [-0.25, -0.2) is 9.69 Å². The Morgan fingerprint density at radius 2 is 0.789 bits per heavy atom. The van der Waals surface area contributed by atoms with Gasteiger partial charge in [0.1, 0.15) is 0 Å². The Balaban J connectivity index is 1.18. The Hall–Kier alpha value is -11.0. The fourth-order valence-electron chi connectivity index (χ4n) is 10.8. The Morgan fingerprint density at radius 3 is 1.21 bits per heavy atom. The molecule has 0 radical (unpaired) electrons. The summed E-state index contributed by atoms with van der Waals surface area (Å²) in [4.78, 5) is 7.58. The third-order valence-electron chi connectivity index (χ3n) is 14.1. The van der Waals surface area contributed by atoms with E-state index in [-0.39, 0.29) is 22.4 Å². The standard InChI is InChI=1S/C66H34F3N7/c1-73-57-19-9-7-16-49(57)43-25-30-60-53(35-43)51-33-41(47-14-5-3-12-45(47)38-71)23-28-59(51)75(60)63-27-22-40(37-70)32-55(63)65-56(66(67,68)69)18-11-21-64(65)76-61-29-24-42(48-15-6-4-13-46(48)39-72)34-52(61)54-36-44(26-31-62(54)76)50-17-8-10-20-58(50)74-2/h3-36H. The molecule has 12 aromatic rings. The maximum Gasteiger partial charge on any atom is 0.417 e. The predicted octanol–water partition coefficient (Wildman–Crippen LogP) is 18.0. The molecule has 0 spiro atoms. The summed E-state index contributed by atoms with van der Waals surface area (Å²) >= 11 is 0. The van der Waals surface area contributed by atoms with Crippen molar-refractivity contribution in [1.82, 2.24) is 9.13 Å². The average Bonchev–Trinajstić information content (AvgIpc) is 4.06. The van der Waals surface area contributed by atoms with E-state index < -0.39 is 11.7 Å². The van der Waals surface area contributed by atoms with E-state index in [1.807, 2.05) is 130 Å². The number of alkyl halides is 3. The SMILES string of the molecule is [C-]#[N+]c1ccccc1-c1ccc2c(c1)c1cc(-c3ccccc3C#N)ccc1n2-c1ccc(C#N)cc1-c1c(-n2c3ccc(-c4ccccc4C#N)cc3c3cc(-c4ccccc4[N+]#[C-])ccc32)cccc1C(F)(F)F. The maximum atomic E-state index is 16.1. The lowest BCUT2D eigenvalue weighted by Crippen LogP contribution is -2.11. The molecule has 2 aromatic heterocycles. The van der Waals surface area contributed by atoms with Crippen LogP contribution in [0.3, 0.4) is 0 Å².